The van der Waals surface area contributed by atoms with Gasteiger partial charge in [-0.3, -0.25) is 9.59 Å². The monoisotopic (exact) mass is 626 g/mol. The minimum Gasteiger partial charge on any atom is -0.445 e. The van der Waals surface area contributed by atoms with Gasteiger partial charge >= 0.3 is 19.3 Å². The zero-order valence-electron chi connectivity index (χ0n) is 26.7. The largest absolute Gasteiger partial charge is 0.475 e. The number of rotatable bonds is 16. The van der Waals surface area contributed by atoms with Crippen molar-refractivity contribution in [1.29, 1.82) is 0 Å². The summed E-state index contributed by atoms with van der Waals surface area (Å²) in [6.45, 7) is 9.02. The second kappa shape index (κ2) is 18.7. The number of amides is 4. The van der Waals surface area contributed by atoms with Crippen LogP contribution in [0.1, 0.15) is 65.0 Å². The van der Waals surface area contributed by atoms with Crippen molar-refractivity contribution in [3.8, 4) is 0 Å². The standard InChI is InChI=1S/C32H47BN4O8/c1-22(2)27(33(42)43)37-28(38)25(18-12-13-19-34-30(40)45-32(3,4)5)35-29(39)26(20-23-14-8-6-9-15-23)36-31(41)44-21-24-16-10-7-11-17-24/h6-11,14-17,22,25-27,42-43H,12-13,18-21H2,1-5H3,(H,34,40)(H,35,39)(H,36,41)(H,37,38)/t25-,26-,27-/m0/s1. The summed E-state index contributed by atoms with van der Waals surface area (Å²) < 4.78 is 10.6. The Morgan fingerprint density at radius 3 is 1.91 bits per heavy atom. The van der Waals surface area contributed by atoms with Crippen LogP contribution in [0, 0.1) is 5.92 Å². The summed E-state index contributed by atoms with van der Waals surface area (Å²) in [6.07, 6.45) is -0.143. The van der Waals surface area contributed by atoms with E-state index < -0.39 is 54.7 Å². The van der Waals surface area contributed by atoms with Crippen molar-refractivity contribution in [2.24, 2.45) is 5.92 Å². The van der Waals surface area contributed by atoms with Gasteiger partial charge in [-0.2, -0.15) is 0 Å². The maximum atomic E-state index is 13.6. The number of unbranched alkanes of at least 4 members (excludes halogenated alkanes) is 1. The molecule has 3 atom stereocenters. The predicted octanol–water partition coefficient (Wildman–Crippen LogP) is 2.86. The molecule has 0 aliphatic heterocycles. The van der Waals surface area contributed by atoms with Gasteiger partial charge in [0.2, 0.25) is 11.8 Å². The van der Waals surface area contributed by atoms with Gasteiger partial charge in [0.05, 0.1) is 5.94 Å². The fourth-order valence-electron chi connectivity index (χ4n) is 4.34. The van der Waals surface area contributed by atoms with Crippen molar-refractivity contribution in [1.82, 2.24) is 21.3 Å². The number of hydrogen-bond acceptors (Lipinski definition) is 8. The second-order valence-corrected chi connectivity index (χ2v) is 12.1. The molecule has 0 radical (unpaired) electrons. The van der Waals surface area contributed by atoms with E-state index >= 15 is 0 Å². The number of benzene rings is 2. The van der Waals surface area contributed by atoms with E-state index in [1.165, 1.54) is 0 Å². The van der Waals surface area contributed by atoms with Crippen molar-refractivity contribution in [2.75, 3.05) is 6.54 Å². The Kier molecular flexibility index (Phi) is 15.4. The SMILES string of the molecule is CC(C)[C@H](NC(=O)[C@H](CCCCNC(=O)OC(C)(C)C)NC(=O)[C@H](Cc1ccccc1)NC(=O)OCc1ccccc1)B(O)O. The lowest BCUT2D eigenvalue weighted by Gasteiger charge is -2.27. The normalized spacial score (nSPS) is 13.2. The van der Waals surface area contributed by atoms with Crippen LogP contribution in [0.5, 0.6) is 0 Å². The maximum Gasteiger partial charge on any atom is 0.475 e. The quantitative estimate of drug-likeness (QED) is 0.122. The number of ether oxygens (including phenoxy) is 2. The van der Waals surface area contributed by atoms with Crippen molar-refractivity contribution >= 4 is 31.1 Å². The molecule has 246 valence electrons. The summed E-state index contributed by atoms with van der Waals surface area (Å²) in [4.78, 5) is 51.6. The van der Waals surface area contributed by atoms with E-state index in [0.29, 0.717) is 12.8 Å². The lowest BCUT2D eigenvalue weighted by atomic mass is 9.73. The molecule has 6 N–H and O–H groups in total. The highest BCUT2D eigenvalue weighted by atomic mass is 16.6. The number of alkyl carbamates (subject to hydrolysis) is 2. The molecule has 12 nitrogen and oxygen atoms in total. The molecule has 0 bridgehead atoms. The third-order valence-electron chi connectivity index (χ3n) is 6.67. The molecule has 0 heterocycles. The fraction of sp³-hybridized carbons (Fsp3) is 0.500. The molecule has 45 heavy (non-hydrogen) atoms. The van der Waals surface area contributed by atoms with Crippen molar-refractivity contribution in [3.05, 3.63) is 71.8 Å². The number of carbonyl (C=O) groups is 4. The molecule has 2 aromatic carbocycles. The van der Waals surface area contributed by atoms with Crippen LogP contribution in [0.4, 0.5) is 9.59 Å². The van der Waals surface area contributed by atoms with Gasteiger partial charge < -0.3 is 40.8 Å². The zero-order chi connectivity index (χ0) is 33.4. The van der Waals surface area contributed by atoms with Gasteiger partial charge in [0.15, 0.2) is 0 Å². The molecule has 4 amide bonds. The van der Waals surface area contributed by atoms with E-state index in [1.807, 2.05) is 48.5 Å². The third-order valence-corrected chi connectivity index (χ3v) is 6.67. The van der Waals surface area contributed by atoms with Crippen LogP contribution in [0.15, 0.2) is 60.7 Å². The minimum atomic E-state index is -1.81. The molecule has 0 saturated heterocycles. The van der Waals surface area contributed by atoms with Crippen LogP contribution >= 0.6 is 0 Å². The molecule has 0 aliphatic carbocycles. The average Bonchev–Trinajstić information content (AvgIpc) is 2.97. The van der Waals surface area contributed by atoms with Crippen molar-refractivity contribution in [2.45, 2.75) is 90.5 Å². The molecular formula is C32H47BN4O8. The van der Waals surface area contributed by atoms with Crippen LogP contribution in [-0.4, -0.2) is 71.3 Å². The number of nitrogens with one attached hydrogen (secondary N) is 4. The third kappa shape index (κ3) is 15.0. The molecule has 13 heteroatoms. The van der Waals surface area contributed by atoms with E-state index in [2.05, 4.69) is 21.3 Å². The molecule has 0 unspecified atom stereocenters. The number of hydrogen-bond donors (Lipinski definition) is 6. The van der Waals surface area contributed by atoms with Gasteiger partial charge in [-0.15, -0.1) is 0 Å². The molecule has 0 saturated carbocycles. The van der Waals surface area contributed by atoms with Gasteiger partial charge in [0.1, 0.15) is 24.3 Å². The molecule has 0 aromatic heterocycles. The van der Waals surface area contributed by atoms with Crippen molar-refractivity contribution < 1.29 is 38.7 Å². The van der Waals surface area contributed by atoms with E-state index in [-0.39, 0.29) is 31.9 Å². The van der Waals surface area contributed by atoms with Crippen LogP contribution in [0.3, 0.4) is 0 Å². The Hall–Kier alpha value is -4.10. The first-order chi connectivity index (χ1) is 21.2. The van der Waals surface area contributed by atoms with Gasteiger partial charge in [-0.1, -0.05) is 74.5 Å². The molecule has 2 rings (SSSR count). The Morgan fingerprint density at radius 2 is 1.36 bits per heavy atom. The summed E-state index contributed by atoms with van der Waals surface area (Å²) in [5.74, 6) is -2.51. The van der Waals surface area contributed by atoms with Crippen LogP contribution in [0.2, 0.25) is 0 Å². The first-order valence-electron chi connectivity index (χ1n) is 15.2. The smallest absolute Gasteiger partial charge is 0.445 e. The van der Waals surface area contributed by atoms with Gasteiger partial charge in [-0.25, -0.2) is 9.59 Å². The van der Waals surface area contributed by atoms with E-state index in [4.69, 9.17) is 9.47 Å². The topological polar surface area (TPSA) is 175 Å². The van der Waals surface area contributed by atoms with Crippen LogP contribution in [-0.2, 0) is 32.1 Å². The van der Waals surface area contributed by atoms with E-state index in [0.717, 1.165) is 11.1 Å². The second-order valence-electron chi connectivity index (χ2n) is 12.1. The van der Waals surface area contributed by atoms with Crippen LogP contribution < -0.4 is 21.3 Å². The summed E-state index contributed by atoms with van der Waals surface area (Å²) in [5.41, 5.74) is 0.916. The highest BCUT2D eigenvalue weighted by Crippen LogP contribution is 2.10. The molecule has 0 aliphatic rings. The molecule has 2 aromatic rings. The Balaban J connectivity index is 2.14. The highest BCUT2D eigenvalue weighted by molar-refractivity contribution is 6.43. The molecule has 0 spiro atoms. The Bertz CT molecular complexity index is 1200. The summed E-state index contributed by atoms with van der Waals surface area (Å²) >= 11 is 0. The fourth-order valence-corrected chi connectivity index (χ4v) is 4.34. The first-order valence-corrected chi connectivity index (χ1v) is 15.2. The zero-order valence-corrected chi connectivity index (χ0v) is 26.7. The van der Waals surface area contributed by atoms with Gasteiger partial charge in [0.25, 0.3) is 0 Å². The first kappa shape index (κ1) is 37.1. The molecule has 0 fully saturated rings. The van der Waals surface area contributed by atoms with Gasteiger partial charge in [0, 0.05) is 13.0 Å². The Labute approximate surface area is 265 Å². The summed E-state index contributed by atoms with van der Waals surface area (Å²) in [6, 6.07) is 16.0. The average molecular weight is 627 g/mol. The van der Waals surface area contributed by atoms with Gasteiger partial charge in [-0.05, 0) is 57.1 Å². The highest BCUT2D eigenvalue weighted by Gasteiger charge is 2.33. The minimum absolute atomic E-state index is 0.00872. The Morgan fingerprint density at radius 1 is 0.778 bits per heavy atom. The summed E-state index contributed by atoms with van der Waals surface area (Å²) in [5, 5.41) is 30.2. The lowest BCUT2D eigenvalue weighted by Crippen LogP contribution is -2.58. The lowest BCUT2D eigenvalue weighted by molar-refractivity contribution is -0.130. The predicted molar refractivity (Wildman–Crippen MR) is 171 cm³/mol. The number of carbonyl (C=O) groups excluding carboxylic acids is 4. The van der Waals surface area contributed by atoms with E-state index in [9.17, 15) is 29.2 Å². The van der Waals surface area contributed by atoms with Crippen LogP contribution in [0.25, 0.3) is 0 Å². The summed E-state index contributed by atoms with van der Waals surface area (Å²) in [7, 11) is -1.81. The maximum absolute atomic E-state index is 13.6. The van der Waals surface area contributed by atoms with Crippen molar-refractivity contribution in [3.63, 3.8) is 0 Å². The molecular weight excluding hydrogens is 579 g/mol. The van der Waals surface area contributed by atoms with E-state index in [1.54, 1.807) is 46.8 Å².